The number of carboxylic acid groups (broad SMARTS) is 1. The number of hydrogen-bond donors (Lipinski definition) is 2. The zero-order chi connectivity index (χ0) is 24.3. The first-order chi connectivity index (χ1) is 16.2. The van der Waals surface area contributed by atoms with Crippen LogP contribution in [-0.4, -0.2) is 34.4 Å². The van der Waals surface area contributed by atoms with E-state index in [1.165, 1.54) is 35.6 Å². The quantitative estimate of drug-likeness (QED) is 0.473. The Morgan fingerprint density at radius 3 is 2.59 bits per heavy atom. The van der Waals surface area contributed by atoms with Gasteiger partial charge >= 0.3 is 12.3 Å². The van der Waals surface area contributed by atoms with Crippen LogP contribution in [0.3, 0.4) is 0 Å². The number of fused-ring (bicyclic) bond motifs is 1. The number of ether oxygens (including phenoxy) is 1. The third-order valence-corrected chi connectivity index (χ3v) is 6.16. The summed E-state index contributed by atoms with van der Waals surface area (Å²) in [7, 11) is 0. The second-order valence-electron chi connectivity index (χ2n) is 7.65. The Hall–Kier alpha value is -3.66. The Morgan fingerprint density at radius 1 is 1.15 bits per heavy atom. The lowest BCUT2D eigenvalue weighted by Gasteiger charge is -2.16. The number of halogens is 3. The minimum absolute atomic E-state index is 0.120. The van der Waals surface area contributed by atoms with E-state index < -0.39 is 24.3 Å². The van der Waals surface area contributed by atoms with Crippen molar-refractivity contribution in [2.75, 3.05) is 0 Å². The van der Waals surface area contributed by atoms with Crippen LogP contribution in [0.2, 0.25) is 0 Å². The van der Waals surface area contributed by atoms with E-state index in [0.29, 0.717) is 16.3 Å². The molecular formula is C24H19F3N2O4S. The molecule has 0 saturated heterocycles. The lowest BCUT2D eigenvalue weighted by Crippen LogP contribution is -2.41. The maximum absolute atomic E-state index is 12.5. The summed E-state index contributed by atoms with van der Waals surface area (Å²) in [5.41, 5.74) is 4.01. The van der Waals surface area contributed by atoms with Gasteiger partial charge in [0.1, 0.15) is 16.8 Å². The van der Waals surface area contributed by atoms with Crippen molar-refractivity contribution in [3.8, 4) is 16.3 Å². The Kier molecular flexibility index (Phi) is 6.69. The number of nitrogens with zero attached hydrogens (tertiary/aromatic N) is 1. The second-order valence-corrected chi connectivity index (χ2v) is 8.50. The number of alkyl halides is 3. The van der Waals surface area contributed by atoms with Crippen molar-refractivity contribution in [3.05, 3.63) is 76.8 Å². The summed E-state index contributed by atoms with van der Waals surface area (Å²) in [6.45, 7) is 0. The van der Waals surface area contributed by atoms with Gasteiger partial charge in [-0.1, -0.05) is 30.3 Å². The molecule has 0 radical (unpaired) electrons. The van der Waals surface area contributed by atoms with Crippen molar-refractivity contribution in [1.29, 1.82) is 0 Å². The van der Waals surface area contributed by atoms with Gasteiger partial charge in [-0.15, -0.1) is 24.5 Å². The molecule has 0 unspecified atom stereocenters. The van der Waals surface area contributed by atoms with E-state index in [0.717, 1.165) is 23.1 Å². The van der Waals surface area contributed by atoms with Crippen LogP contribution in [-0.2, 0) is 22.4 Å². The Bertz CT molecular complexity index is 1240. The van der Waals surface area contributed by atoms with Crippen LogP contribution in [0.15, 0.2) is 60.0 Å². The van der Waals surface area contributed by atoms with Gasteiger partial charge in [0, 0.05) is 17.4 Å². The number of aromatic nitrogens is 1. The number of thiazole rings is 1. The van der Waals surface area contributed by atoms with Crippen LogP contribution in [0.1, 0.15) is 23.2 Å². The van der Waals surface area contributed by atoms with Crippen LogP contribution < -0.4 is 10.1 Å². The fourth-order valence-electron chi connectivity index (χ4n) is 3.70. The minimum atomic E-state index is -4.77. The smallest absolute Gasteiger partial charge is 0.480 e. The molecule has 6 nitrogen and oxygen atoms in total. The highest BCUT2D eigenvalue weighted by atomic mass is 32.1. The van der Waals surface area contributed by atoms with Crippen molar-refractivity contribution < 1.29 is 32.6 Å². The van der Waals surface area contributed by atoms with Gasteiger partial charge in [0.15, 0.2) is 0 Å². The van der Waals surface area contributed by atoms with E-state index in [1.807, 2.05) is 30.3 Å². The highest BCUT2D eigenvalue weighted by Crippen LogP contribution is 2.31. The Labute approximate surface area is 196 Å². The summed E-state index contributed by atoms with van der Waals surface area (Å²) < 4.78 is 40.7. The maximum Gasteiger partial charge on any atom is 0.573 e. The van der Waals surface area contributed by atoms with Crippen molar-refractivity contribution in [2.45, 2.75) is 31.7 Å². The third-order valence-electron chi connectivity index (χ3n) is 5.22. The topological polar surface area (TPSA) is 88.5 Å². The van der Waals surface area contributed by atoms with Gasteiger partial charge in [-0.05, 0) is 47.4 Å². The molecule has 0 bridgehead atoms. The Balaban J connectivity index is 1.37. The third kappa shape index (κ3) is 5.82. The second kappa shape index (κ2) is 9.68. The van der Waals surface area contributed by atoms with Gasteiger partial charge in [-0.25, -0.2) is 9.78 Å². The minimum Gasteiger partial charge on any atom is -0.480 e. The van der Waals surface area contributed by atoms with Crippen molar-refractivity contribution in [1.82, 2.24) is 10.3 Å². The highest BCUT2D eigenvalue weighted by Gasteiger charge is 2.31. The number of carbonyl (C=O) groups excluding carboxylic acids is 1. The van der Waals surface area contributed by atoms with Crippen LogP contribution in [0.25, 0.3) is 16.1 Å². The fourth-order valence-corrected chi connectivity index (χ4v) is 4.52. The van der Waals surface area contributed by atoms with Gasteiger partial charge in [0.05, 0.1) is 12.1 Å². The van der Waals surface area contributed by atoms with Gasteiger partial charge in [-0.2, -0.15) is 0 Å². The molecular weight excluding hydrogens is 469 g/mol. The van der Waals surface area contributed by atoms with Crippen molar-refractivity contribution in [3.63, 3.8) is 0 Å². The molecule has 1 aliphatic rings. The van der Waals surface area contributed by atoms with Crippen molar-refractivity contribution in [2.24, 2.45) is 0 Å². The summed E-state index contributed by atoms with van der Waals surface area (Å²) in [6.07, 6.45) is -2.01. The molecule has 0 spiro atoms. The molecule has 0 saturated carbocycles. The van der Waals surface area contributed by atoms with Crippen LogP contribution >= 0.6 is 11.3 Å². The van der Waals surface area contributed by atoms with E-state index in [2.05, 4.69) is 15.0 Å². The molecule has 4 rings (SSSR count). The molecule has 2 N–H and O–H groups in total. The predicted molar refractivity (Wildman–Crippen MR) is 120 cm³/mol. The zero-order valence-corrected chi connectivity index (χ0v) is 18.4. The number of aliphatic carboxylic acids is 1. The summed E-state index contributed by atoms with van der Waals surface area (Å²) in [6, 6.07) is 11.9. The summed E-state index contributed by atoms with van der Waals surface area (Å²) in [5, 5.41) is 14.3. The van der Waals surface area contributed by atoms with E-state index in [-0.39, 0.29) is 18.6 Å². The predicted octanol–water partition coefficient (Wildman–Crippen LogP) is 4.85. The normalized spacial score (nSPS) is 13.7. The molecule has 1 aliphatic carbocycles. The molecule has 0 aliphatic heterocycles. The highest BCUT2D eigenvalue weighted by molar-refractivity contribution is 7.13. The first kappa shape index (κ1) is 23.5. The molecule has 1 amide bonds. The number of allylic oxidation sites excluding steroid dienone is 1. The number of carbonyl (C=O) groups is 2. The summed E-state index contributed by atoms with van der Waals surface area (Å²) >= 11 is 1.23. The molecule has 3 aromatic rings. The van der Waals surface area contributed by atoms with Crippen molar-refractivity contribution >= 4 is 28.8 Å². The standard InChI is InChI=1S/C24H19F3N2O4S/c25-24(26,27)33-18-9-7-15(8-10-18)22-28-17(13-34-22)12-21(30)29-20(23(31)32)11-16-6-5-14-3-1-2-4-19(14)16/h1-4,6-10,13,20H,5,11-12H2,(H,29,30)(H,31,32)/t20-/m1/s1. The number of nitrogens with one attached hydrogen (secondary N) is 1. The summed E-state index contributed by atoms with van der Waals surface area (Å²) in [4.78, 5) is 28.6. The first-order valence-corrected chi connectivity index (χ1v) is 11.2. The maximum atomic E-state index is 12.5. The number of rotatable bonds is 8. The number of amides is 1. The van der Waals surface area contributed by atoms with Gasteiger partial charge in [0.2, 0.25) is 5.91 Å². The molecule has 34 heavy (non-hydrogen) atoms. The zero-order valence-electron chi connectivity index (χ0n) is 17.6. The van der Waals surface area contributed by atoms with Crippen LogP contribution in [0, 0.1) is 0 Å². The van der Waals surface area contributed by atoms with Gasteiger partial charge in [-0.3, -0.25) is 4.79 Å². The SMILES string of the molecule is O=C(Cc1csc(-c2ccc(OC(F)(F)F)cc2)n1)N[C@H](CC1=CCc2ccccc21)C(=O)O. The average molecular weight is 488 g/mol. The monoisotopic (exact) mass is 488 g/mol. The first-order valence-electron chi connectivity index (χ1n) is 10.3. The van der Waals surface area contributed by atoms with Crippen LogP contribution in [0.4, 0.5) is 13.2 Å². The fraction of sp³-hybridized carbons (Fsp3) is 0.208. The number of carboxylic acids is 1. The van der Waals surface area contributed by atoms with E-state index in [4.69, 9.17) is 0 Å². The molecule has 1 heterocycles. The Morgan fingerprint density at radius 2 is 1.88 bits per heavy atom. The number of benzene rings is 2. The molecule has 1 atom stereocenters. The molecule has 0 fully saturated rings. The molecule has 2 aromatic carbocycles. The number of hydrogen-bond acceptors (Lipinski definition) is 5. The molecule has 10 heteroatoms. The van der Waals surface area contributed by atoms with Gasteiger partial charge in [0.25, 0.3) is 0 Å². The van der Waals surface area contributed by atoms with Gasteiger partial charge < -0.3 is 15.2 Å². The van der Waals surface area contributed by atoms with E-state index >= 15 is 0 Å². The molecule has 176 valence electrons. The van der Waals surface area contributed by atoms with Crippen LogP contribution in [0.5, 0.6) is 5.75 Å². The van der Waals surface area contributed by atoms with E-state index in [1.54, 1.807) is 5.38 Å². The average Bonchev–Trinajstić information content (AvgIpc) is 3.40. The van der Waals surface area contributed by atoms with E-state index in [9.17, 15) is 27.9 Å². The lowest BCUT2D eigenvalue weighted by atomic mass is 9.99. The molecule has 1 aromatic heterocycles. The lowest BCUT2D eigenvalue weighted by molar-refractivity contribution is -0.274. The largest absolute Gasteiger partial charge is 0.573 e. The summed E-state index contributed by atoms with van der Waals surface area (Å²) in [5.74, 6) is -1.95.